The summed E-state index contributed by atoms with van der Waals surface area (Å²) in [5.41, 5.74) is 3.36. The number of benzene rings is 1. The first-order valence-electron chi connectivity index (χ1n) is 8.31. The van der Waals surface area contributed by atoms with Crippen molar-refractivity contribution in [1.82, 2.24) is 4.90 Å². The van der Waals surface area contributed by atoms with E-state index in [0.717, 1.165) is 25.1 Å². The summed E-state index contributed by atoms with van der Waals surface area (Å²) in [5, 5.41) is 0. The number of ketones is 1. The second kappa shape index (κ2) is 6.74. The molecule has 1 aliphatic rings. The lowest BCUT2D eigenvalue weighted by molar-refractivity contribution is -0.130. The predicted octanol–water partition coefficient (Wildman–Crippen LogP) is 4.07. The molecule has 0 aliphatic carbocycles. The fourth-order valence-electron chi connectivity index (χ4n) is 3.53. The van der Waals surface area contributed by atoms with Crippen molar-refractivity contribution in [1.29, 1.82) is 0 Å². The molecule has 2 nitrogen and oxygen atoms in total. The van der Waals surface area contributed by atoms with Crippen molar-refractivity contribution in [2.24, 2.45) is 0 Å². The summed E-state index contributed by atoms with van der Waals surface area (Å²) in [5.74, 6) is 0.372. The van der Waals surface area contributed by atoms with E-state index in [1.165, 1.54) is 30.4 Å². The van der Waals surface area contributed by atoms with E-state index < -0.39 is 0 Å². The van der Waals surface area contributed by atoms with E-state index in [4.69, 9.17) is 0 Å². The molecule has 1 aromatic carbocycles. The Morgan fingerprint density at radius 1 is 1.10 bits per heavy atom. The zero-order chi connectivity index (χ0) is 15.5. The highest BCUT2D eigenvalue weighted by Crippen LogP contribution is 2.26. The highest BCUT2D eigenvalue weighted by Gasteiger charge is 2.37. The number of carbonyl (C=O) groups excluding carboxylic acids is 1. The minimum atomic E-state index is -0.294. The van der Waals surface area contributed by atoms with Gasteiger partial charge < -0.3 is 0 Å². The molecule has 0 saturated carbocycles. The first-order valence-corrected chi connectivity index (χ1v) is 8.31. The number of hydrogen-bond donors (Lipinski definition) is 0. The van der Waals surface area contributed by atoms with E-state index in [0.29, 0.717) is 12.2 Å². The lowest BCUT2D eigenvalue weighted by Gasteiger charge is -2.42. The topological polar surface area (TPSA) is 20.3 Å². The molecular formula is C19H29NO. The number of nitrogens with zero attached hydrogens (tertiary/aromatic N) is 1. The molecule has 1 unspecified atom stereocenters. The highest BCUT2D eigenvalue weighted by molar-refractivity contribution is 5.89. The molecule has 1 heterocycles. The maximum absolute atomic E-state index is 12.9. The average molecular weight is 287 g/mol. The smallest absolute Gasteiger partial charge is 0.157 e. The van der Waals surface area contributed by atoms with E-state index in [-0.39, 0.29) is 5.54 Å². The zero-order valence-corrected chi connectivity index (χ0v) is 14.0. The molecule has 2 rings (SSSR count). The van der Waals surface area contributed by atoms with Crippen molar-refractivity contribution >= 4 is 5.78 Å². The van der Waals surface area contributed by atoms with Crippen molar-refractivity contribution in [3.8, 4) is 0 Å². The van der Waals surface area contributed by atoms with Gasteiger partial charge in [0.15, 0.2) is 5.78 Å². The highest BCUT2D eigenvalue weighted by atomic mass is 16.1. The van der Waals surface area contributed by atoms with Crippen molar-refractivity contribution in [2.45, 2.75) is 65.3 Å². The van der Waals surface area contributed by atoms with Gasteiger partial charge in [0.25, 0.3) is 0 Å². The van der Waals surface area contributed by atoms with Crippen LogP contribution in [0.3, 0.4) is 0 Å². The summed E-state index contributed by atoms with van der Waals surface area (Å²) in [6, 6.07) is 6.46. The summed E-state index contributed by atoms with van der Waals surface area (Å²) in [6.45, 7) is 10.6. The van der Waals surface area contributed by atoms with Gasteiger partial charge >= 0.3 is 0 Å². The number of likely N-dealkylation sites (tertiary alicyclic amines) is 1. The van der Waals surface area contributed by atoms with Crippen LogP contribution in [0.5, 0.6) is 0 Å². The molecule has 0 radical (unpaired) electrons. The van der Waals surface area contributed by atoms with Gasteiger partial charge in [0, 0.05) is 6.42 Å². The fourth-order valence-corrected chi connectivity index (χ4v) is 3.53. The first-order chi connectivity index (χ1) is 9.95. The minimum Gasteiger partial charge on any atom is -0.297 e. The Labute approximate surface area is 129 Å². The first kappa shape index (κ1) is 16.2. The predicted molar refractivity (Wildman–Crippen MR) is 88.7 cm³/mol. The van der Waals surface area contributed by atoms with Crippen LogP contribution < -0.4 is 0 Å². The van der Waals surface area contributed by atoms with Crippen LogP contribution in [0.2, 0.25) is 0 Å². The summed E-state index contributed by atoms with van der Waals surface area (Å²) in [7, 11) is 0. The molecular weight excluding hydrogens is 258 g/mol. The van der Waals surface area contributed by atoms with Crippen LogP contribution in [0.1, 0.15) is 56.2 Å². The van der Waals surface area contributed by atoms with E-state index in [1.54, 1.807) is 0 Å². The standard InChI is InChI=1S/C19H29NO/c1-5-19(4,20-9-7-6-8-10-20)18(21)14-17-12-15(2)11-16(3)13-17/h11-13H,5-10,14H2,1-4H3. The van der Waals surface area contributed by atoms with Gasteiger partial charge in [-0.3, -0.25) is 9.69 Å². The number of piperidine rings is 1. The summed E-state index contributed by atoms with van der Waals surface area (Å²) < 4.78 is 0. The normalized spacial score (nSPS) is 19.2. The Bertz CT molecular complexity index is 482. The Hall–Kier alpha value is -1.15. The van der Waals surface area contributed by atoms with E-state index in [1.807, 2.05) is 0 Å². The molecule has 0 spiro atoms. The maximum Gasteiger partial charge on any atom is 0.157 e. The Morgan fingerprint density at radius 2 is 1.67 bits per heavy atom. The van der Waals surface area contributed by atoms with Crippen LogP contribution in [0.4, 0.5) is 0 Å². The number of aryl methyl sites for hydroxylation is 2. The summed E-state index contributed by atoms with van der Waals surface area (Å²) in [4.78, 5) is 15.4. The van der Waals surface area contributed by atoms with Crippen LogP contribution in [0.25, 0.3) is 0 Å². The van der Waals surface area contributed by atoms with Crippen LogP contribution in [0, 0.1) is 13.8 Å². The number of Topliss-reactive ketones (excluding diaryl/α,β-unsaturated/α-hetero) is 1. The quantitative estimate of drug-likeness (QED) is 0.813. The van der Waals surface area contributed by atoms with Gasteiger partial charge in [-0.15, -0.1) is 0 Å². The van der Waals surface area contributed by atoms with Crippen LogP contribution in [0.15, 0.2) is 18.2 Å². The number of hydrogen-bond acceptors (Lipinski definition) is 2. The van der Waals surface area contributed by atoms with E-state index >= 15 is 0 Å². The summed E-state index contributed by atoms with van der Waals surface area (Å²) >= 11 is 0. The van der Waals surface area contributed by atoms with Gasteiger partial charge in [-0.25, -0.2) is 0 Å². The zero-order valence-electron chi connectivity index (χ0n) is 14.0. The molecule has 1 fully saturated rings. The molecule has 0 aromatic heterocycles. The molecule has 21 heavy (non-hydrogen) atoms. The molecule has 1 aromatic rings. The van der Waals surface area contributed by atoms with Gasteiger partial charge in [-0.05, 0) is 58.7 Å². The molecule has 0 amide bonds. The Morgan fingerprint density at radius 3 is 2.19 bits per heavy atom. The SMILES string of the molecule is CCC(C)(C(=O)Cc1cc(C)cc(C)c1)N1CCCCC1. The van der Waals surface area contributed by atoms with Crippen molar-refractivity contribution in [2.75, 3.05) is 13.1 Å². The lowest BCUT2D eigenvalue weighted by atomic mass is 9.85. The molecule has 116 valence electrons. The molecule has 2 heteroatoms. The van der Waals surface area contributed by atoms with Gasteiger partial charge in [0.1, 0.15) is 0 Å². The van der Waals surface area contributed by atoms with E-state index in [9.17, 15) is 4.79 Å². The van der Waals surface area contributed by atoms with Crippen LogP contribution in [-0.2, 0) is 11.2 Å². The molecule has 1 saturated heterocycles. The fraction of sp³-hybridized carbons (Fsp3) is 0.632. The molecule has 1 aliphatic heterocycles. The number of carbonyl (C=O) groups is 1. The molecule has 0 bridgehead atoms. The lowest BCUT2D eigenvalue weighted by Crippen LogP contribution is -2.54. The Balaban J connectivity index is 2.15. The third kappa shape index (κ3) is 3.74. The van der Waals surface area contributed by atoms with Crippen molar-refractivity contribution < 1.29 is 4.79 Å². The van der Waals surface area contributed by atoms with Gasteiger partial charge in [-0.2, -0.15) is 0 Å². The van der Waals surface area contributed by atoms with Gasteiger partial charge in [0.2, 0.25) is 0 Å². The van der Waals surface area contributed by atoms with Gasteiger partial charge in [0.05, 0.1) is 5.54 Å². The monoisotopic (exact) mass is 287 g/mol. The summed E-state index contributed by atoms with van der Waals surface area (Å²) in [6.07, 6.45) is 5.22. The molecule has 1 atom stereocenters. The molecule has 0 N–H and O–H groups in total. The third-order valence-electron chi connectivity index (χ3n) is 4.99. The van der Waals surface area contributed by atoms with Crippen molar-refractivity contribution in [3.63, 3.8) is 0 Å². The Kier molecular flexibility index (Phi) is 5.21. The third-order valence-corrected chi connectivity index (χ3v) is 4.99. The second-order valence-corrected chi connectivity index (χ2v) is 6.77. The van der Waals surface area contributed by atoms with Crippen molar-refractivity contribution in [3.05, 3.63) is 34.9 Å². The second-order valence-electron chi connectivity index (χ2n) is 6.77. The average Bonchev–Trinajstić information content (AvgIpc) is 2.46. The maximum atomic E-state index is 12.9. The van der Waals surface area contributed by atoms with Crippen LogP contribution in [-0.4, -0.2) is 29.3 Å². The van der Waals surface area contributed by atoms with Gasteiger partial charge in [-0.1, -0.05) is 42.7 Å². The largest absolute Gasteiger partial charge is 0.297 e. The minimum absolute atomic E-state index is 0.294. The number of rotatable bonds is 5. The van der Waals surface area contributed by atoms with E-state index in [2.05, 4.69) is 50.8 Å². The van der Waals surface area contributed by atoms with Crippen LogP contribution >= 0.6 is 0 Å².